The molecule has 9 heteroatoms. The third-order valence-corrected chi connectivity index (χ3v) is 2.77. The van der Waals surface area contributed by atoms with Gasteiger partial charge in [-0.15, -0.1) is 0 Å². The van der Waals surface area contributed by atoms with Crippen molar-refractivity contribution in [2.75, 3.05) is 5.73 Å². The first-order chi connectivity index (χ1) is 8.64. The van der Waals surface area contributed by atoms with Gasteiger partial charge in [-0.2, -0.15) is 13.2 Å². The first-order valence-electron chi connectivity index (χ1n) is 5.08. The lowest BCUT2D eigenvalue weighted by Gasteiger charge is -2.12. The number of aryl methyl sites for hydroxylation is 1. The zero-order valence-corrected chi connectivity index (χ0v) is 9.95. The molecule has 0 bridgehead atoms. The molecule has 0 aliphatic rings. The molecule has 0 aromatic carbocycles. The second-order valence-electron chi connectivity index (χ2n) is 3.99. The number of nitrogen functional groups attached to an aromatic ring is 1. The quantitative estimate of drug-likeness (QED) is 0.745. The smallest absolute Gasteiger partial charge is 0.383 e. The van der Waals surface area contributed by atoms with Gasteiger partial charge in [0.2, 0.25) is 0 Å². The largest absolute Gasteiger partial charge is 0.433 e. The van der Waals surface area contributed by atoms with E-state index in [1.807, 2.05) is 0 Å². The molecular weight excluding hydrogens is 265 g/mol. The van der Waals surface area contributed by atoms with Crippen molar-refractivity contribution in [2.24, 2.45) is 14.1 Å². The fourth-order valence-corrected chi connectivity index (χ4v) is 1.76. The number of pyridine rings is 1. The molecule has 0 saturated carbocycles. The molecular formula is C10H9F3N4O2. The maximum atomic E-state index is 12.6. The van der Waals surface area contributed by atoms with E-state index in [-0.39, 0.29) is 10.9 Å². The minimum atomic E-state index is -4.71. The summed E-state index contributed by atoms with van der Waals surface area (Å²) in [4.78, 5) is 26.7. The predicted molar refractivity (Wildman–Crippen MR) is 61.6 cm³/mol. The Morgan fingerprint density at radius 3 is 2.32 bits per heavy atom. The SMILES string of the molecule is Cn1c(=O)c2c(N)nc(C(F)(F)F)cc2n(C)c1=O. The number of nitrogens with two attached hydrogens (primary N) is 1. The summed E-state index contributed by atoms with van der Waals surface area (Å²) in [6.07, 6.45) is -4.71. The summed E-state index contributed by atoms with van der Waals surface area (Å²) in [5.41, 5.74) is 2.43. The van der Waals surface area contributed by atoms with E-state index >= 15 is 0 Å². The Morgan fingerprint density at radius 2 is 1.79 bits per heavy atom. The van der Waals surface area contributed by atoms with E-state index < -0.39 is 28.9 Å². The molecule has 2 N–H and O–H groups in total. The number of alkyl halides is 3. The fraction of sp³-hybridized carbons (Fsp3) is 0.300. The summed E-state index contributed by atoms with van der Waals surface area (Å²) in [6, 6.07) is 0.633. The molecule has 2 rings (SSSR count). The monoisotopic (exact) mass is 274 g/mol. The fourth-order valence-electron chi connectivity index (χ4n) is 1.76. The summed E-state index contributed by atoms with van der Waals surface area (Å²) < 4.78 is 39.5. The van der Waals surface area contributed by atoms with Gasteiger partial charge in [0.1, 0.15) is 16.9 Å². The third kappa shape index (κ3) is 1.86. The Labute approximate surface area is 103 Å². The minimum Gasteiger partial charge on any atom is -0.383 e. The van der Waals surface area contributed by atoms with Crippen molar-refractivity contribution in [2.45, 2.75) is 6.18 Å². The normalized spacial score (nSPS) is 12.1. The van der Waals surface area contributed by atoms with Crippen LogP contribution in [-0.2, 0) is 20.3 Å². The highest BCUT2D eigenvalue weighted by Gasteiger charge is 2.34. The van der Waals surface area contributed by atoms with Gasteiger partial charge in [0.15, 0.2) is 0 Å². The van der Waals surface area contributed by atoms with Gasteiger partial charge in [0, 0.05) is 14.1 Å². The lowest BCUT2D eigenvalue weighted by atomic mass is 10.2. The van der Waals surface area contributed by atoms with Gasteiger partial charge in [0.05, 0.1) is 5.52 Å². The van der Waals surface area contributed by atoms with Gasteiger partial charge >= 0.3 is 11.9 Å². The molecule has 0 unspecified atom stereocenters. The number of aromatic nitrogens is 3. The molecule has 0 saturated heterocycles. The van der Waals surface area contributed by atoms with Crippen molar-refractivity contribution < 1.29 is 13.2 Å². The highest BCUT2D eigenvalue weighted by atomic mass is 19.4. The van der Waals surface area contributed by atoms with Crippen LogP contribution in [-0.4, -0.2) is 14.1 Å². The molecule has 0 aliphatic carbocycles. The summed E-state index contributed by atoms with van der Waals surface area (Å²) in [5.74, 6) is -0.555. The van der Waals surface area contributed by atoms with Crippen molar-refractivity contribution in [1.82, 2.24) is 14.1 Å². The second-order valence-corrected chi connectivity index (χ2v) is 3.99. The van der Waals surface area contributed by atoms with E-state index in [0.29, 0.717) is 6.07 Å². The highest BCUT2D eigenvalue weighted by Crippen LogP contribution is 2.30. The molecule has 19 heavy (non-hydrogen) atoms. The lowest BCUT2D eigenvalue weighted by molar-refractivity contribution is -0.141. The van der Waals surface area contributed by atoms with E-state index in [9.17, 15) is 22.8 Å². The van der Waals surface area contributed by atoms with E-state index in [4.69, 9.17) is 5.73 Å². The summed E-state index contributed by atoms with van der Waals surface area (Å²) in [5, 5.41) is -0.211. The van der Waals surface area contributed by atoms with Crippen LogP contribution in [0.15, 0.2) is 15.7 Å². The van der Waals surface area contributed by atoms with E-state index in [1.54, 1.807) is 0 Å². The van der Waals surface area contributed by atoms with Crippen molar-refractivity contribution in [3.8, 4) is 0 Å². The van der Waals surface area contributed by atoms with Crippen LogP contribution in [0.1, 0.15) is 5.69 Å². The summed E-state index contributed by atoms with van der Waals surface area (Å²) in [7, 11) is 2.46. The summed E-state index contributed by atoms with van der Waals surface area (Å²) in [6.45, 7) is 0. The van der Waals surface area contributed by atoms with Crippen LogP contribution in [0.3, 0.4) is 0 Å². The van der Waals surface area contributed by atoms with Gasteiger partial charge in [-0.1, -0.05) is 0 Å². The van der Waals surface area contributed by atoms with Crippen LogP contribution in [0.2, 0.25) is 0 Å². The second kappa shape index (κ2) is 3.84. The van der Waals surface area contributed by atoms with Crippen molar-refractivity contribution in [3.05, 3.63) is 32.6 Å². The molecule has 2 aromatic rings. The zero-order valence-electron chi connectivity index (χ0n) is 9.95. The molecule has 0 fully saturated rings. The van der Waals surface area contributed by atoms with Gasteiger partial charge < -0.3 is 5.73 Å². The first-order valence-corrected chi connectivity index (χ1v) is 5.08. The Morgan fingerprint density at radius 1 is 1.21 bits per heavy atom. The molecule has 0 radical (unpaired) electrons. The maximum Gasteiger partial charge on any atom is 0.433 e. The van der Waals surface area contributed by atoms with Crippen LogP contribution in [0.5, 0.6) is 0 Å². The number of fused-ring (bicyclic) bond motifs is 1. The van der Waals surface area contributed by atoms with E-state index in [2.05, 4.69) is 4.98 Å². The highest BCUT2D eigenvalue weighted by molar-refractivity contribution is 5.87. The standard InChI is InChI=1S/C10H9F3N4O2/c1-16-4-3-5(10(11,12)13)15-7(14)6(4)8(18)17(2)9(16)19/h3H,1-2H3,(H2,14,15). The molecule has 102 valence electrons. The van der Waals surface area contributed by atoms with Gasteiger partial charge in [-0.3, -0.25) is 13.9 Å². The van der Waals surface area contributed by atoms with Crippen molar-refractivity contribution in [3.63, 3.8) is 0 Å². The molecule has 0 spiro atoms. The molecule has 6 nitrogen and oxygen atoms in total. The van der Waals surface area contributed by atoms with Crippen LogP contribution in [0, 0.1) is 0 Å². The number of hydrogen-bond donors (Lipinski definition) is 1. The van der Waals surface area contributed by atoms with E-state index in [0.717, 1.165) is 9.13 Å². The van der Waals surface area contributed by atoms with Crippen molar-refractivity contribution in [1.29, 1.82) is 0 Å². The van der Waals surface area contributed by atoms with Crippen LogP contribution in [0.4, 0.5) is 19.0 Å². The number of halogens is 3. The zero-order chi connectivity index (χ0) is 14.5. The number of anilines is 1. The molecule has 0 atom stereocenters. The number of hydrogen-bond acceptors (Lipinski definition) is 4. The Bertz CT molecular complexity index is 788. The van der Waals surface area contributed by atoms with Crippen LogP contribution >= 0.6 is 0 Å². The molecule has 0 aliphatic heterocycles. The first kappa shape index (κ1) is 13.1. The summed E-state index contributed by atoms with van der Waals surface area (Å²) >= 11 is 0. The minimum absolute atomic E-state index is 0.201. The number of nitrogens with zero attached hydrogens (tertiary/aromatic N) is 3. The number of rotatable bonds is 0. The van der Waals surface area contributed by atoms with E-state index in [1.165, 1.54) is 14.1 Å². The third-order valence-electron chi connectivity index (χ3n) is 2.77. The Balaban J connectivity index is 3.07. The Hall–Kier alpha value is -2.32. The van der Waals surface area contributed by atoms with Gasteiger partial charge in [-0.05, 0) is 6.07 Å². The van der Waals surface area contributed by atoms with Crippen LogP contribution in [0.25, 0.3) is 10.9 Å². The predicted octanol–water partition coefficient (Wildman–Crippen LogP) is 0.233. The maximum absolute atomic E-state index is 12.6. The average molecular weight is 274 g/mol. The topological polar surface area (TPSA) is 82.9 Å². The van der Waals surface area contributed by atoms with Gasteiger partial charge in [0.25, 0.3) is 5.56 Å². The van der Waals surface area contributed by atoms with Gasteiger partial charge in [-0.25, -0.2) is 9.78 Å². The Kier molecular flexibility index (Phi) is 2.65. The molecule has 2 heterocycles. The molecule has 0 amide bonds. The average Bonchev–Trinajstić information content (AvgIpc) is 2.31. The van der Waals surface area contributed by atoms with Crippen molar-refractivity contribution >= 4 is 16.7 Å². The lowest BCUT2D eigenvalue weighted by Crippen LogP contribution is -2.37. The molecule has 2 aromatic heterocycles. The van der Waals surface area contributed by atoms with Crippen LogP contribution < -0.4 is 17.0 Å².